The number of ether oxygens (including phenoxy) is 1. The molecule has 0 aromatic rings. The maximum absolute atomic E-state index is 13.6. The molecule has 6 fully saturated rings. The van der Waals surface area contributed by atoms with Gasteiger partial charge in [0.15, 0.2) is 0 Å². The number of hydrogen-bond donors (Lipinski definition) is 1. The first kappa shape index (κ1) is 24.8. The molecule has 0 aromatic carbocycles. The van der Waals surface area contributed by atoms with Crippen LogP contribution < -0.4 is 0 Å². The van der Waals surface area contributed by atoms with Crippen LogP contribution in [0.4, 0.5) is 0 Å². The number of piperazine rings is 1. The van der Waals surface area contributed by atoms with Gasteiger partial charge in [-0.15, -0.1) is 0 Å². The number of Topliss-reactive ketones (excluding diaryl/α,β-unsaturated/α-hetero) is 1. The Labute approximate surface area is 211 Å². The van der Waals surface area contributed by atoms with Crippen LogP contribution in [0.3, 0.4) is 0 Å². The molecule has 1 N–H and O–H groups in total. The molecule has 5 saturated carbocycles. The molecule has 5 aliphatic carbocycles. The van der Waals surface area contributed by atoms with Crippen molar-refractivity contribution in [2.45, 2.75) is 70.0 Å². The molecule has 35 heavy (non-hydrogen) atoms. The third kappa shape index (κ3) is 3.79. The number of carbonyl (C=O) groups is 1. The molecule has 6 aliphatic rings. The summed E-state index contributed by atoms with van der Waals surface area (Å²) >= 11 is 0. The normalized spacial score (nSPS) is 50.1. The summed E-state index contributed by atoms with van der Waals surface area (Å²) in [5.74, 6) is 4.37. The summed E-state index contributed by atoms with van der Waals surface area (Å²) in [6, 6.07) is 0. The van der Waals surface area contributed by atoms with Crippen molar-refractivity contribution in [1.82, 2.24) is 9.21 Å². The molecule has 0 amide bonds. The number of aliphatic hydroxyl groups is 1. The largest absolute Gasteiger partial charge is 0.387 e. The Kier molecular flexibility index (Phi) is 6.01. The Morgan fingerprint density at radius 2 is 1.60 bits per heavy atom. The minimum absolute atomic E-state index is 0.0516. The predicted molar refractivity (Wildman–Crippen MR) is 133 cm³/mol. The molecule has 0 spiro atoms. The number of ketones is 1. The van der Waals surface area contributed by atoms with Crippen LogP contribution in [0.15, 0.2) is 0 Å². The van der Waals surface area contributed by atoms with E-state index in [9.17, 15) is 18.3 Å². The van der Waals surface area contributed by atoms with Crippen LogP contribution >= 0.6 is 0 Å². The molecule has 0 bridgehead atoms. The summed E-state index contributed by atoms with van der Waals surface area (Å²) < 4.78 is 30.8. The van der Waals surface area contributed by atoms with Gasteiger partial charge < -0.3 is 9.84 Å². The number of nitrogens with zero attached hydrogens (tertiary/aromatic N) is 2. The van der Waals surface area contributed by atoms with Crippen molar-refractivity contribution in [3.8, 4) is 0 Å². The van der Waals surface area contributed by atoms with E-state index in [2.05, 4.69) is 11.8 Å². The second-order valence-corrected chi connectivity index (χ2v) is 15.1. The van der Waals surface area contributed by atoms with Gasteiger partial charge in [-0.25, -0.2) is 8.42 Å². The SMILES string of the molecule is COC1C2[C@H]3CC[C@@H]4[C@H](CC[C@]5(C)[C@@H](C(=O)CN6CCN(S(C)(=O)=O)CC6)CC[C@@H]45)[C@H]3CC[C@]12O. The highest BCUT2D eigenvalue weighted by Gasteiger charge is 2.72. The number of fused-ring (bicyclic) bond motifs is 7. The molecule has 8 heteroatoms. The van der Waals surface area contributed by atoms with E-state index in [4.69, 9.17) is 4.74 Å². The van der Waals surface area contributed by atoms with Gasteiger partial charge in [-0.1, -0.05) is 6.92 Å². The number of sulfonamides is 1. The third-order valence-corrected chi connectivity index (χ3v) is 13.2. The highest BCUT2D eigenvalue weighted by atomic mass is 32.2. The zero-order valence-corrected chi connectivity index (χ0v) is 22.5. The highest BCUT2D eigenvalue weighted by Crippen LogP contribution is 2.69. The van der Waals surface area contributed by atoms with Crippen molar-refractivity contribution in [2.24, 2.45) is 46.8 Å². The van der Waals surface area contributed by atoms with Gasteiger partial charge in [0.2, 0.25) is 10.0 Å². The second kappa shape index (κ2) is 8.48. The first-order valence-corrected chi connectivity index (χ1v) is 15.9. The Morgan fingerprint density at radius 1 is 0.943 bits per heavy atom. The van der Waals surface area contributed by atoms with Crippen molar-refractivity contribution in [3.05, 3.63) is 0 Å². The molecular weight excluding hydrogens is 464 g/mol. The zero-order valence-electron chi connectivity index (χ0n) is 21.7. The maximum Gasteiger partial charge on any atom is 0.211 e. The van der Waals surface area contributed by atoms with E-state index in [1.165, 1.54) is 36.2 Å². The fourth-order valence-electron chi connectivity index (χ4n) is 10.2. The summed E-state index contributed by atoms with van der Waals surface area (Å²) in [4.78, 5) is 15.7. The topological polar surface area (TPSA) is 87.2 Å². The summed E-state index contributed by atoms with van der Waals surface area (Å²) in [6.45, 7) is 5.16. The van der Waals surface area contributed by atoms with E-state index in [0.29, 0.717) is 56.3 Å². The Bertz CT molecular complexity index is 965. The summed E-state index contributed by atoms with van der Waals surface area (Å²) in [5.41, 5.74) is -0.437. The molecule has 1 saturated heterocycles. The van der Waals surface area contributed by atoms with Crippen LogP contribution in [-0.2, 0) is 19.6 Å². The van der Waals surface area contributed by atoms with Gasteiger partial charge in [-0.3, -0.25) is 9.69 Å². The van der Waals surface area contributed by atoms with Crippen LogP contribution in [0.2, 0.25) is 0 Å². The maximum atomic E-state index is 13.6. The molecule has 10 atom stereocenters. The van der Waals surface area contributed by atoms with Gasteiger partial charge in [0.05, 0.1) is 24.5 Å². The van der Waals surface area contributed by atoms with Gasteiger partial charge in [-0.2, -0.15) is 4.31 Å². The minimum atomic E-state index is -3.15. The predicted octanol–water partition coefficient (Wildman–Crippen LogP) is 2.39. The van der Waals surface area contributed by atoms with Crippen LogP contribution in [0.5, 0.6) is 0 Å². The monoisotopic (exact) mass is 508 g/mol. The average molecular weight is 509 g/mol. The third-order valence-electron chi connectivity index (χ3n) is 11.9. The molecule has 7 nitrogen and oxygen atoms in total. The molecule has 198 valence electrons. The van der Waals surface area contributed by atoms with E-state index >= 15 is 0 Å². The van der Waals surface area contributed by atoms with E-state index in [0.717, 1.165) is 43.4 Å². The van der Waals surface area contributed by atoms with Crippen LogP contribution in [0.1, 0.15) is 58.3 Å². The smallest absolute Gasteiger partial charge is 0.211 e. The Hall–Kier alpha value is -0.540. The van der Waals surface area contributed by atoms with Crippen LogP contribution in [0, 0.1) is 46.8 Å². The number of methoxy groups -OCH3 is 1. The highest BCUT2D eigenvalue weighted by molar-refractivity contribution is 7.88. The molecule has 1 aliphatic heterocycles. The first-order valence-electron chi connectivity index (χ1n) is 14.0. The molecule has 0 aromatic heterocycles. The molecular formula is C27H44N2O5S. The van der Waals surface area contributed by atoms with Gasteiger partial charge in [-0.05, 0) is 86.4 Å². The second-order valence-electron chi connectivity index (χ2n) is 13.1. The molecule has 6 rings (SSSR count). The lowest BCUT2D eigenvalue weighted by molar-refractivity contribution is -0.132. The summed E-state index contributed by atoms with van der Waals surface area (Å²) in [5, 5.41) is 11.0. The van der Waals surface area contributed by atoms with Gasteiger partial charge in [0, 0.05) is 45.1 Å². The number of hydrogen-bond acceptors (Lipinski definition) is 6. The number of rotatable bonds is 5. The van der Waals surface area contributed by atoms with Gasteiger partial charge >= 0.3 is 0 Å². The standard InChI is InChI=1S/C27H44N2O5S/c1-26-10-8-17-18-9-11-27(31)24(25(27)34-2)20(18)5-4-19(17)21(26)6-7-22(26)23(30)16-28-12-14-29(15-13-28)35(3,32)33/h17-22,24-25,31H,4-16H2,1-3H3/t17-,18-,19-,20+,21+,22-,24?,25?,26+,27-/m1/s1. The zero-order chi connectivity index (χ0) is 24.8. The van der Waals surface area contributed by atoms with Crippen molar-refractivity contribution < 1.29 is 23.1 Å². The molecule has 0 radical (unpaired) electrons. The Balaban J connectivity index is 1.10. The minimum Gasteiger partial charge on any atom is -0.387 e. The van der Waals surface area contributed by atoms with Crippen molar-refractivity contribution in [2.75, 3.05) is 46.1 Å². The summed E-state index contributed by atoms with van der Waals surface area (Å²) in [7, 11) is -1.39. The van der Waals surface area contributed by atoms with E-state index in [1.54, 1.807) is 7.11 Å². The van der Waals surface area contributed by atoms with E-state index in [1.807, 2.05) is 0 Å². The van der Waals surface area contributed by atoms with E-state index in [-0.39, 0.29) is 17.4 Å². The van der Waals surface area contributed by atoms with Crippen LogP contribution in [-0.4, -0.2) is 86.3 Å². The molecule has 1 heterocycles. The first-order chi connectivity index (χ1) is 16.6. The van der Waals surface area contributed by atoms with Crippen molar-refractivity contribution in [3.63, 3.8) is 0 Å². The van der Waals surface area contributed by atoms with Gasteiger partial charge in [0.25, 0.3) is 0 Å². The molecule has 2 unspecified atom stereocenters. The van der Waals surface area contributed by atoms with Gasteiger partial charge in [0.1, 0.15) is 5.78 Å². The fraction of sp³-hybridized carbons (Fsp3) is 0.963. The lowest BCUT2D eigenvalue weighted by atomic mass is 9.49. The average Bonchev–Trinajstić information content (AvgIpc) is 3.28. The summed E-state index contributed by atoms with van der Waals surface area (Å²) in [6.07, 6.45) is 10.4. The lowest BCUT2D eigenvalue weighted by Gasteiger charge is -2.55. The van der Waals surface area contributed by atoms with Crippen molar-refractivity contribution >= 4 is 15.8 Å². The lowest BCUT2D eigenvalue weighted by Crippen LogP contribution is -2.52. The fourth-order valence-corrected chi connectivity index (χ4v) is 11.0. The number of carbonyl (C=O) groups excluding carboxylic acids is 1. The van der Waals surface area contributed by atoms with Crippen LogP contribution in [0.25, 0.3) is 0 Å². The van der Waals surface area contributed by atoms with Crippen molar-refractivity contribution in [1.29, 1.82) is 0 Å². The van der Waals surface area contributed by atoms with E-state index < -0.39 is 15.6 Å². The quantitative estimate of drug-likeness (QED) is 0.614. The Morgan fingerprint density at radius 3 is 2.29 bits per heavy atom.